The van der Waals surface area contributed by atoms with Gasteiger partial charge in [0.1, 0.15) is 5.75 Å². The number of carbonyl (C=O) groups excluding carboxylic acids is 2. The fourth-order valence-corrected chi connectivity index (χ4v) is 3.64. The van der Waals surface area contributed by atoms with Gasteiger partial charge in [-0.05, 0) is 42.2 Å². The normalized spacial score (nSPS) is 15.1. The number of alkyl halides is 3. The number of amides is 2. The Balaban J connectivity index is 1.47. The quantitative estimate of drug-likeness (QED) is 0.614. The highest BCUT2D eigenvalue weighted by atomic mass is 19.4. The number of rotatable bonds is 6. The summed E-state index contributed by atoms with van der Waals surface area (Å²) in [4.78, 5) is 28.5. The molecule has 1 aliphatic heterocycles. The maximum absolute atomic E-state index is 12.8. The number of hydrogen-bond donors (Lipinski definition) is 0. The second-order valence-corrected chi connectivity index (χ2v) is 7.73. The summed E-state index contributed by atoms with van der Waals surface area (Å²) in [5, 5.41) is 0. The van der Waals surface area contributed by atoms with Crippen molar-refractivity contribution in [3.05, 3.63) is 71.8 Å². The van der Waals surface area contributed by atoms with Gasteiger partial charge in [0.2, 0.25) is 11.8 Å². The Labute approximate surface area is 185 Å². The Bertz CT molecular complexity index is 935. The van der Waals surface area contributed by atoms with Crippen molar-refractivity contribution in [3.63, 3.8) is 0 Å². The van der Waals surface area contributed by atoms with Gasteiger partial charge in [-0.25, -0.2) is 0 Å². The zero-order chi connectivity index (χ0) is 23.1. The molecule has 2 amide bonds. The zero-order valence-electron chi connectivity index (χ0n) is 17.7. The molecule has 2 aromatic rings. The highest BCUT2D eigenvalue weighted by Gasteiger charge is 2.31. The van der Waals surface area contributed by atoms with Gasteiger partial charge in [0, 0.05) is 38.7 Å². The topological polar surface area (TPSA) is 49.9 Å². The first kappa shape index (κ1) is 23.4. The molecule has 0 bridgehead atoms. The molecule has 3 rings (SSSR count). The van der Waals surface area contributed by atoms with Crippen LogP contribution < -0.4 is 4.74 Å². The molecule has 1 fully saturated rings. The number of piperidine rings is 1. The van der Waals surface area contributed by atoms with Crippen LogP contribution in [0.25, 0.3) is 6.08 Å². The summed E-state index contributed by atoms with van der Waals surface area (Å²) in [5.41, 5.74) is 1.65. The van der Waals surface area contributed by atoms with Crippen LogP contribution in [0.1, 0.15) is 24.0 Å². The SMILES string of the molecule is CN(Cc1ccc(OC(F)(F)F)cc1)C(=O)C1CCN(C(=O)/C=C/c2ccccc2)CC1. The van der Waals surface area contributed by atoms with Crippen LogP contribution in [0.5, 0.6) is 5.75 Å². The van der Waals surface area contributed by atoms with Gasteiger partial charge in [0.15, 0.2) is 0 Å². The predicted octanol–water partition coefficient (Wildman–Crippen LogP) is 4.50. The molecule has 1 aliphatic rings. The summed E-state index contributed by atoms with van der Waals surface area (Å²) in [6.07, 6.45) is -0.255. The average Bonchev–Trinajstić information content (AvgIpc) is 2.78. The number of hydrogen-bond acceptors (Lipinski definition) is 3. The van der Waals surface area contributed by atoms with E-state index in [9.17, 15) is 22.8 Å². The molecule has 8 heteroatoms. The molecule has 0 aliphatic carbocycles. The molecule has 0 radical (unpaired) electrons. The monoisotopic (exact) mass is 446 g/mol. The van der Waals surface area contributed by atoms with Gasteiger partial charge in [-0.1, -0.05) is 42.5 Å². The fraction of sp³-hybridized carbons (Fsp3) is 0.333. The summed E-state index contributed by atoms with van der Waals surface area (Å²) in [5.74, 6) is -0.592. The molecule has 32 heavy (non-hydrogen) atoms. The lowest BCUT2D eigenvalue weighted by atomic mass is 9.95. The minimum absolute atomic E-state index is 0.0347. The lowest BCUT2D eigenvalue weighted by Gasteiger charge is -2.32. The third-order valence-electron chi connectivity index (χ3n) is 5.33. The molecular weight excluding hydrogens is 421 g/mol. The van der Waals surface area contributed by atoms with Gasteiger partial charge in [0.05, 0.1) is 0 Å². The fourth-order valence-electron chi connectivity index (χ4n) is 3.64. The molecule has 0 N–H and O–H groups in total. The van der Waals surface area contributed by atoms with Crippen LogP contribution in [0.15, 0.2) is 60.7 Å². The highest BCUT2D eigenvalue weighted by molar-refractivity contribution is 5.92. The lowest BCUT2D eigenvalue weighted by Crippen LogP contribution is -2.42. The number of halogens is 3. The van der Waals surface area contributed by atoms with Gasteiger partial charge in [-0.2, -0.15) is 0 Å². The van der Waals surface area contributed by atoms with Crippen LogP contribution in [0, 0.1) is 5.92 Å². The Morgan fingerprint density at radius 2 is 1.69 bits per heavy atom. The molecule has 1 saturated heterocycles. The largest absolute Gasteiger partial charge is 0.573 e. The van der Waals surface area contributed by atoms with E-state index in [0.717, 1.165) is 5.56 Å². The van der Waals surface area contributed by atoms with Crippen LogP contribution >= 0.6 is 0 Å². The third-order valence-corrected chi connectivity index (χ3v) is 5.33. The van der Waals surface area contributed by atoms with Crippen LogP contribution in [0.2, 0.25) is 0 Å². The van der Waals surface area contributed by atoms with Crippen molar-refractivity contribution in [1.29, 1.82) is 0 Å². The van der Waals surface area contributed by atoms with Crippen molar-refractivity contribution in [3.8, 4) is 5.75 Å². The number of benzene rings is 2. The summed E-state index contributed by atoms with van der Waals surface area (Å²) < 4.78 is 40.6. The minimum atomic E-state index is -4.73. The first-order valence-electron chi connectivity index (χ1n) is 10.3. The Hall–Kier alpha value is -3.29. The predicted molar refractivity (Wildman–Crippen MR) is 114 cm³/mol. The van der Waals surface area contributed by atoms with Crippen molar-refractivity contribution in [2.24, 2.45) is 5.92 Å². The zero-order valence-corrected chi connectivity index (χ0v) is 17.7. The second kappa shape index (κ2) is 10.3. The Morgan fingerprint density at radius 3 is 2.28 bits per heavy atom. The maximum atomic E-state index is 12.8. The van der Waals surface area contributed by atoms with Crippen LogP contribution in [0.3, 0.4) is 0 Å². The van der Waals surface area contributed by atoms with E-state index in [2.05, 4.69) is 4.74 Å². The second-order valence-electron chi connectivity index (χ2n) is 7.73. The number of nitrogens with zero attached hydrogens (tertiary/aromatic N) is 2. The average molecular weight is 446 g/mol. The molecule has 2 aromatic carbocycles. The molecule has 0 atom stereocenters. The standard InChI is InChI=1S/C24H25F3N2O3/c1-28(17-19-7-10-21(11-8-19)32-24(25,26)27)23(31)20-13-15-29(16-14-20)22(30)12-9-18-5-3-2-4-6-18/h2-12,20H,13-17H2,1H3/b12-9+. The van der Waals surface area contributed by atoms with Gasteiger partial charge in [-0.15, -0.1) is 13.2 Å². The van der Waals surface area contributed by atoms with Crippen molar-refractivity contribution in [1.82, 2.24) is 9.80 Å². The minimum Gasteiger partial charge on any atom is -0.406 e. The molecule has 1 heterocycles. The summed E-state index contributed by atoms with van der Waals surface area (Å²) in [7, 11) is 1.67. The van der Waals surface area contributed by atoms with Crippen molar-refractivity contribution >= 4 is 17.9 Å². The molecular formula is C24H25F3N2O3. The molecule has 0 unspecified atom stereocenters. The van der Waals surface area contributed by atoms with Gasteiger partial charge in [-0.3, -0.25) is 9.59 Å². The van der Waals surface area contributed by atoms with E-state index in [0.29, 0.717) is 31.5 Å². The summed E-state index contributed by atoms with van der Waals surface area (Å²) in [6, 6.07) is 15.0. The molecule has 0 saturated carbocycles. The van der Waals surface area contributed by atoms with E-state index in [1.165, 1.54) is 24.3 Å². The summed E-state index contributed by atoms with van der Waals surface area (Å²) in [6.45, 7) is 1.29. The van der Waals surface area contributed by atoms with Gasteiger partial charge >= 0.3 is 6.36 Å². The Kier molecular flexibility index (Phi) is 7.56. The van der Waals surface area contributed by atoms with Gasteiger partial charge in [0.25, 0.3) is 0 Å². The van der Waals surface area contributed by atoms with Crippen molar-refractivity contribution < 1.29 is 27.5 Å². The number of ether oxygens (including phenoxy) is 1. The first-order chi connectivity index (χ1) is 15.2. The van der Waals surface area contributed by atoms with E-state index < -0.39 is 6.36 Å². The Morgan fingerprint density at radius 1 is 1.06 bits per heavy atom. The van der Waals surface area contributed by atoms with E-state index in [1.807, 2.05) is 30.3 Å². The van der Waals surface area contributed by atoms with Crippen molar-refractivity contribution in [2.75, 3.05) is 20.1 Å². The van der Waals surface area contributed by atoms with Crippen LogP contribution in [0.4, 0.5) is 13.2 Å². The molecule has 5 nitrogen and oxygen atoms in total. The number of carbonyl (C=O) groups is 2. The number of likely N-dealkylation sites (tertiary alicyclic amines) is 1. The first-order valence-corrected chi connectivity index (χ1v) is 10.3. The summed E-state index contributed by atoms with van der Waals surface area (Å²) >= 11 is 0. The smallest absolute Gasteiger partial charge is 0.406 e. The van der Waals surface area contributed by atoms with Gasteiger partial charge < -0.3 is 14.5 Å². The molecule has 170 valence electrons. The lowest BCUT2D eigenvalue weighted by molar-refractivity contribution is -0.274. The maximum Gasteiger partial charge on any atom is 0.573 e. The van der Waals surface area contributed by atoms with E-state index in [1.54, 1.807) is 29.0 Å². The van der Waals surface area contributed by atoms with E-state index in [-0.39, 0.29) is 30.0 Å². The van der Waals surface area contributed by atoms with Crippen LogP contribution in [-0.4, -0.2) is 48.1 Å². The van der Waals surface area contributed by atoms with E-state index in [4.69, 9.17) is 0 Å². The van der Waals surface area contributed by atoms with E-state index >= 15 is 0 Å². The van der Waals surface area contributed by atoms with Crippen molar-refractivity contribution in [2.45, 2.75) is 25.7 Å². The third kappa shape index (κ3) is 6.87. The molecule has 0 aromatic heterocycles. The van der Waals surface area contributed by atoms with Crippen LogP contribution in [-0.2, 0) is 16.1 Å². The molecule has 0 spiro atoms. The highest BCUT2D eigenvalue weighted by Crippen LogP contribution is 2.24.